The molecule has 0 aromatic heterocycles. The van der Waals surface area contributed by atoms with Crippen LogP contribution in [0.1, 0.15) is 17.5 Å². The van der Waals surface area contributed by atoms with Crippen LogP contribution >= 0.6 is 0 Å². The van der Waals surface area contributed by atoms with Gasteiger partial charge in [0.1, 0.15) is 0 Å². The van der Waals surface area contributed by atoms with E-state index in [2.05, 4.69) is 5.32 Å². The van der Waals surface area contributed by atoms with Gasteiger partial charge in [-0.25, -0.2) is 8.42 Å². The van der Waals surface area contributed by atoms with Crippen LogP contribution in [0.2, 0.25) is 0 Å². The summed E-state index contributed by atoms with van der Waals surface area (Å²) in [6.07, 6.45) is 0.206. The van der Waals surface area contributed by atoms with Gasteiger partial charge in [-0.2, -0.15) is 4.31 Å². The molecule has 1 aliphatic rings. The van der Waals surface area contributed by atoms with Crippen LogP contribution in [-0.4, -0.2) is 88.3 Å². The summed E-state index contributed by atoms with van der Waals surface area (Å²) in [5.74, 6) is 0.0159. The van der Waals surface area contributed by atoms with Crippen LogP contribution in [0.4, 0.5) is 0 Å². The van der Waals surface area contributed by atoms with Crippen molar-refractivity contribution in [3.63, 3.8) is 0 Å². The van der Waals surface area contributed by atoms with Crippen LogP contribution < -0.4 is 5.32 Å². The molecule has 1 amide bonds. The summed E-state index contributed by atoms with van der Waals surface area (Å²) in [6.45, 7) is 7.86. The zero-order chi connectivity index (χ0) is 20.0. The molecule has 0 spiro atoms. The van der Waals surface area contributed by atoms with Gasteiger partial charge in [-0.1, -0.05) is 17.7 Å². The van der Waals surface area contributed by atoms with Gasteiger partial charge in [-0.05, 0) is 39.6 Å². The Bertz CT molecular complexity index is 743. The van der Waals surface area contributed by atoms with Gasteiger partial charge >= 0.3 is 0 Å². The zero-order valence-electron chi connectivity index (χ0n) is 16.9. The SMILES string of the molecule is Cc1ccc(S(=O)(=O)N(CCC(=O)N2CCNCC2)CCN(C)C)c(C)c1. The first kappa shape index (κ1) is 21.8. The third-order valence-electron chi connectivity index (χ3n) is 4.79. The highest BCUT2D eigenvalue weighted by Crippen LogP contribution is 2.21. The summed E-state index contributed by atoms with van der Waals surface area (Å²) in [6, 6.07) is 5.36. The van der Waals surface area contributed by atoms with Gasteiger partial charge in [0, 0.05) is 52.2 Å². The van der Waals surface area contributed by atoms with Gasteiger partial charge in [-0.15, -0.1) is 0 Å². The second kappa shape index (κ2) is 9.64. The fraction of sp³-hybridized carbons (Fsp3) is 0.632. The Kier molecular flexibility index (Phi) is 7.79. The summed E-state index contributed by atoms with van der Waals surface area (Å²) in [5.41, 5.74) is 1.76. The molecule has 0 atom stereocenters. The number of nitrogens with zero attached hydrogens (tertiary/aromatic N) is 3. The number of aryl methyl sites for hydroxylation is 2. The number of hydrogen-bond donors (Lipinski definition) is 1. The Balaban J connectivity index is 2.15. The molecule has 0 radical (unpaired) electrons. The number of amides is 1. The highest BCUT2D eigenvalue weighted by atomic mass is 32.2. The lowest BCUT2D eigenvalue weighted by atomic mass is 10.2. The standard InChI is InChI=1S/C19H32N4O3S/c1-16-5-6-18(17(2)15-16)27(25,26)23(14-13-21(3)4)10-7-19(24)22-11-8-20-9-12-22/h5-6,15,20H,7-14H2,1-4H3. The number of rotatable bonds is 8. The zero-order valence-corrected chi connectivity index (χ0v) is 17.7. The Morgan fingerprint density at radius 3 is 2.37 bits per heavy atom. The number of carbonyl (C=O) groups excluding carboxylic acids is 1. The average molecular weight is 397 g/mol. The first-order chi connectivity index (χ1) is 12.7. The number of likely N-dealkylation sites (N-methyl/N-ethyl adjacent to an activating group) is 1. The normalized spacial score (nSPS) is 15.6. The number of benzene rings is 1. The first-order valence-corrected chi connectivity index (χ1v) is 10.9. The van der Waals surface area contributed by atoms with Crippen LogP contribution in [-0.2, 0) is 14.8 Å². The molecule has 1 aromatic carbocycles. The van der Waals surface area contributed by atoms with E-state index >= 15 is 0 Å². The van der Waals surface area contributed by atoms with Gasteiger partial charge in [0.25, 0.3) is 0 Å². The molecule has 1 saturated heterocycles. The maximum Gasteiger partial charge on any atom is 0.243 e. The molecule has 0 aliphatic carbocycles. The third-order valence-corrected chi connectivity index (χ3v) is 6.85. The van der Waals surface area contributed by atoms with Crippen molar-refractivity contribution >= 4 is 15.9 Å². The van der Waals surface area contributed by atoms with Crippen molar-refractivity contribution in [1.29, 1.82) is 0 Å². The molecular weight excluding hydrogens is 364 g/mol. The molecule has 0 unspecified atom stereocenters. The Hall–Kier alpha value is -1.48. The van der Waals surface area contributed by atoms with Crippen LogP contribution in [0, 0.1) is 13.8 Å². The molecule has 27 heavy (non-hydrogen) atoms. The van der Waals surface area contributed by atoms with E-state index in [1.54, 1.807) is 6.07 Å². The predicted molar refractivity (Wildman–Crippen MR) is 107 cm³/mol. The molecule has 0 bridgehead atoms. The van der Waals surface area contributed by atoms with Gasteiger partial charge in [0.15, 0.2) is 0 Å². The number of piperazine rings is 1. The van der Waals surface area contributed by atoms with E-state index in [9.17, 15) is 13.2 Å². The van der Waals surface area contributed by atoms with Crippen molar-refractivity contribution < 1.29 is 13.2 Å². The summed E-state index contributed by atoms with van der Waals surface area (Å²) in [7, 11) is 0.174. The van der Waals surface area contributed by atoms with Crippen molar-refractivity contribution in [2.75, 3.05) is 59.9 Å². The van der Waals surface area contributed by atoms with Gasteiger partial charge in [-0.3, -0.25) is 4.79 Å². The number of sulfonamides is 1. The minimum Gasteiger partial charge on any atom is -0.340 e. The smallest absolute Gasteiger partial charge is 0.243 e. The van der Waals surface area contributed by atoms with E-state index in [0.29, 0.717) is 31.1 Å². The predicted octanol–water partition coefficient (Wildman–Crippen LogP) is 0.678. The maximum absolute atomic E-state index is 13.2. The largest absolute Gasteiger partial charge is 0.340 e. The van der Waals surface area contributed by atoms with Crippen LogP contribution in [0.5, 0.6) is 0 Å². The number of carbonyl (C=O) groups is 1. The van der Waals surface area contributed by atoms with Gasteiger partial charge in [0.2, 0.25) is 15.9 Å². The fourth-order valence-corrected chi connectivity index (χ4v) is 4.82. The molecule has 1 fully saturated rings. The van der Waals surface area contributed by atoms with Crippen molar-refractivity contribution in [3.8, 4) is 0 Å². The highest BCUT2D eigenvalue weighted by Gasteiger charge is 2.27. The monoisotopic (exact) mass is 396 g/mol. The fourth-order valence-electron chi connectivity index (χ4n) is 3.18. The summed E-state index contributed by atoms with van der Waals surface area (Å²) in [4.78, 5) is 16.6. The lowest BCUT2D eigenvalue weighted by Gasteiger charge is -2.29. The number of nitrogens with one attached hydrogen (secondary N) is 1. The van der Waals surface area contributed by atoms with Crippen LogP contribution in [0.15, 0.2) is 23.1 Å². The van der Waals surface area contributed by atoms with E-state index in [0.717, 1.165) is 24.2 Å². The van der Waals surface area contributed by atoms with Crippen molar-refractivity contribution in [2.24, 2.45) is 0 Å². The quantitative estimate of drug-likeness (QED) is 0.700. The lowest BCUT2D eigenvalue weighted by Crippen LogP contribution is -2.47. The van der Waals surface area contributed by atoms with Crippen LogP contribution in [0.3, 0.4) is 0 Å². The van der Waals surface area contributed by atoms with E-state index in [4.69, 9.17) is 0 Å². The molecule has 2 rings (SSSR count). The third kappa shape index (κ3) is 6.00. The highest BCUT2D eigenvalue weighted by molar-refractivity contribution is 7.89. The second-order valence-electron chi connectivity index (χ2n) is 7.36. The van der Waals surface area contributed by atoms with Gasteiger partial charge in [0.05, 0.1) is 4.90 Å². The molecule has 7 nitrogen and oxygen atoms in total. The van der Waals surface area contributed by atoms with Crippen LogP contribution in [0.25, 0.3) is 0 Å². The van der Waals surface area contributed by atoms with E-state index < -0.39 is 10.0 Å². The minimum absolute atomic E-state index is 0.0159. The topological polar surface area (TPSA) is 73.0 Å². The maximum atomic E-state index is 13.2. The Morgan fingerprint density at radius 2 is 1.78 bits per heavy atom. The molecule has 1 aromatic rings. The van der Waals surface area contributed by atoms with E-state index in [1.807, 2.05) is 49.9 Å². The van der Waals surface area contributed by atoms with E-state index in [1.165, 1.54) is 4.31 Å². The molecule has 8 heteroatoms. The lowest BCUT2D eigenvalue weighted by molar-refractivity contribution is -0.131. The second-order valence-corrected chi connectivity index (χ2v) is 9.26. The summed E-state index contributed by atoms with van der Waals surface area (Å²) in [5, 5.41) is 3.22. The molecule has 152 valence electrons. The first-order valence-electron chi connectivity index (χ1n) is 9.42. The number of hydrogen-bond acceptors (Lipinski definition) is 5. The summed E-state index contributed by atoms with van der Waals surface area (Å²) < 4.78 is 27.9. The average Bonchev–Trinajstić information content (AvgIpc) is 2.61. The summed E-state index contributed by atoms with van der Waals surface area (Å²) >= 11 is 0. The van der Waals surface area contributed by atoms with Crippen molar-refractivity contribution in [1.82, 2.24) is 19.4 Å². The Labute approximate surface area is 163 Å². The van der Waals surface area contributed by atoms with Crippen molar-refractivity contribution in [2.45, 2.75) is 25.2 Å². The molecule has 1 N–H and O–H groups in total. The van der Waals surface area contributed by atoms with Crippen molar-refractivity contribution in [3.05, 3.63) is 29.3 Å². The molecular formula is C19H32N4O3S. The Morgan fingerprint density at radius 1 is 1.11 bits per heavy atom. The minimum atomic E-state index is -3.65. The van der Waals surface area contributed by atoms with Gasteiger partial charge < -0.3 is 15.1 Å². The van der Waals surface area contributed by atoms with E-state index in [-0.39, 0.29) is 18.9 Å². The molecule has 0 saturated carbocycles. The molecule has 1 aliphatic heterocycles. The molecule has 1 heterocycles.